The zero-order valence-corrected chi connectivity index (χ0v) is 22.8. The molecule has 0 aromatic heterocycles. The number of fused-ring (bicyclic) bond motifs is 1. The molecule has 0 saturated heterocycles. The number of carbonyl (C=O) groups is 2. The van der Waals surface area contributed by atoms with Crippen molar-refractivity contribution < 1.29 is 32.0 Å². The van der Waals surface area contributed by atoms with Gasteiger partial charge in [0.25, 0.3) is 10.1 Å². The highest BCUT2D eigenvalue weighted by Gasteiger charge is 2.16. The van der Waals surface area contributed by atoms with E-state index in [2.05, 4.69) is 67.8 Å². The monoisotopic (exact) mass is 778 g/mol. The van der Waals surface area contributed by atoms with Crippen molar-refractivity contribution >= 4 is 101 Å². The van der Waals surface area contributed by atoms with Gasteiger partial charge in [0.1, 0.15) is 12.4 Å². The Hall–Kier alpha value is -1.04. The normalized spacial score (nSPS) is 11.4. The zero-order chi connectivity index (χ0) is 22.8. The van der Waals surface area contributed by atoms with Crippen LogP contribution in [0.25, 0.3) is 10.8 Å². The third kappa shape index (κ3) is 6.72. The average molecular weight is 778 g/mol. The summed E-state index contributed by atoms with van der Waals surface area (Å²) in [4.78, 5) is 24.7. The molecule has 0 fully saturated rings. The quantitative estimate of drug-likeness (QED) is 0.164. The summed E-state index contributed by atoms with van der Waals surface area (Å²) in [6.45, 7) is -0.448. The summed E-state index contributed by atoms with van der Waals surface area (Å²) < 4.78 is 43.3. The molecule has 0 heterocycles. The van der Waals surface area contributed by atoms with E-state index >= 15 is 0 Å². The molecule has 31 heavy (non-hydrogen) atoms. The second-order valence-corrected chi connectivity index (χ2v) is 11.4. The van der Waals surface area contributed by atoms with E-state index in [0.29, 0.717) is 16.7 Å². The Morgan fingerprint density at radius 1 is 0.839 bits per heavy atom. The first-order valence-corrected chi connectivity index (χ1v) is 13.4. The molecular weight excluding hydrogens is 765 g/mol. The maximum atomic E-state index is 12.6. The summed E-state index contributed by atoms with van der Waals surface area (Å²) in [6.07, 6.45) is 0. The van der Waals surface area contributed by atoms with E-state index in [1.807, 2.05) is 12.1 Å². The van der Waals surface area contributed by atoms with Gasteiger partial charge in [0.05, 0.1) is 18.3 Å². The first-order chi connectivity index (χ1) is 14.5. The van der Waals surface area contributed by atoms with Crippen LogP contribution < -0.4 is 4.74 Å². The van der Waals surface area contributed by atoms with Gasteiger partial charge in [0.2, 0.25) is 0 Å². The maximum absolute atomic E-state index is 12.6. The van der Waals surface area contributed by atoms with Gasteiger partial charge in [0, 0.05) is 3.57 Å². The molecule has 0 unspecified atom stereocenters. The molecule has 162 valence electrons. The molecule has 0 aliphatic carbocycles. The van der Waals surface area contributed by atoms with Crippen LogP contribution in [0.3, 0.4) is 0 Å². The van der Waals surface area contributed by atoms with Gasteiger partial charge in [0.15, 0.2) is 5.75 Å². The van der Waals surface area contributed by atoms with Crippen molar-refractivity contribution in [3.05, 3.63) is 70.4 Å². The molecule has 1 N–H and O–H groups in total. The van der Waals surface area contributed by atoms with E-state index in [-0.39, 0.29) is 5.56 Å². The van der Waals surface area contributed by atoms with Crippen LogP contribution in [-0.4, -0.2) is 37.3 Å². The average Bonchev–Trinajstić information content (AvgIpc) is 2.68. The third-order valence-electron chi connectivity index (χ3n) is 4.04. The molecule has 0 bridgehead atoms. The lowest BCUT2D eigenvalue weighted by Crippen LogP contribution is -2.14. The summed E-state index contributed by atoms with van der Waals surface area (Å²) in [6, 6.07) is 13.5. The second kappa shape index (κ2) is 10.3. The number of ether oxygens (including phenoxy) is 2. The number of halogens is 3. The summed E-state index contributed by atoms with van der Waals surface area (Å²) in [7, 11) is -4.20. The Morgan fingerprint density at radius 2 is 1.35 bits per heavy atom. The van der Waals surface area contributed by atoms with Crippen molar-refractivity contribution in [2.45, 2.75) is 0 Å². The number of rotatable bonds is 6. The highest BCUT2D eigenvalue weighted by atomic mass is 127. The Balaban J connectivity index is 1.77. The van der Waals surface area contributed by atoms with Crippen molar-refractivity contribution in [1.29, 1.82) is 0 Å². The second-order valence-electron chi connectivity index (χ2n) is 6.29. The van der Waals surface area contributed by atoms with Crippen molar-refractivity contribution in [2.75, 3.05) is 12.4 Å². The molecule has 0 saturated carbocycles. The first-order valence-electron chi connectivity index (χ1n) is 8.56. The summed E-state index contributed by atoms with van der Waals surface area (Å²) in [5, 5.41) is 1.41. The van der Waals surface area contributed by atoms with Gasteiger partial charge in [-0.2, -0.15) is 8.42 Å². The zero-order valence-electron chi connectivity index (χ0n) is 15.5. The van der Waals surface area contributed by atoms with E-state index in [1.54, 1.807) is 30.3 Å². The molecule has 7 nitrogen and oxygen atoms in total. The minimum Gasteiger partial charge on any atom is -0.461 e. The number of benzene rings is 3. The Kier molecular flexibility index (Phi) is 8.15. The van der Waals surface area contributed by atoms with Gasteiger partial charge in [-0.05, 0) is 115 Å². The molecule has 0 aliphatic rings. The van der Waals surface area contributed by atoms with Gasteiger partial charge in [-0.3, -0.25) is 4.55 Å². The fraction of sp³-hybridized carbons (Fsp3) is 0.100. The number of hydrogen-bond acceptors (Lipinski definition) is 6. The van der Waals surface area contributed by atoms with Crippen molar-refractivity contribution in [1.82, 2.24) is 0 Å². The highest BCUT2D eigenvalue weighted by Crippen LogP contribution is 2.30. The van der Waals surface area contributed by atoms with Crippen LogP contribution in [-0.2, 0) is 14.9 Å². The molecule has 0 radical (unpaired) electrons. The fourth-order valence-corrected chi connectivity index (χ4v) is 6.70. The predicted molar refractivity (Wildman–Crippen MR) is 140 cm³/mol. The van der Waals surface area contributed by atoms with E-state index in [1.165, 1.54) is 6.07 Å². The lowest BCUT2D eigenvalue weighted by atomic mass is 10.0. The van der Waals surface area contributed by atoms with Crippen LogP contribution in [0.15, 0.2) is 48.5 Å². The van der Waals surface area contributed by atoms with Gasteiger partial charge in [-0.25, -0.2) is 9.59 Å². The summed E-state index contributed by atoms with van der Waals surface area (Å²) >= 11 is 6.45. The number of esters is 2. The molecular formula is C20H13I3O7S. The van der Waals surface area contributed by atoms with Crippen molar-refractivity contribution in [3.63, 3.8) is 0 Å². The van der Waals surface area contributed by atoms with Crippen LogP contribution in [0.4, 0.5) is 0 Å². The minimum atomic E-state index is -4.20. The molecule has 0 spiro atoms. The topological polar surface area (TPSA) is 107 Å². The third-order valence-corrected chi connectivity index (χ3v) is 6.95. The Morgan fingerprint density at radius 3 is 1.87 bits per heavy atom. The van der Waals surface area contributed by atoms with Gasteiger partial charge in [-0.1, -0.05) is 12.1 Å². The van der Waals surface area contributed by atoms with Crippen LogP contribution in [0.2, 0.25) is 0 Å². The first kappa shape index (κ1) is 24.6. The van der Waals surface area contributed by atoms with E-state index in [9.17, 15) is 18.0 Å². The predicted octanol–water partition coefficient (Wildman–Crippen LogP) is 4.92. The largest absolute Gasteiger partial charge is 0.461 e. The van der Waals surface area contributed by atoms with Crippen LogP contribution in [0.1, 0.15) is 20.7 Å². The molecule has 3 rings (SSSR count). The van der Waals surface area contributed by atoms with E-state index < -0.39 is 34.4 Å². The maximum Gasteiger partial charge on any atom is 0.343 e. The summed E-state index contributed by atoms with van der Waals surface area (Å²) in [5.41, 5.74) is 0.585. The Bertz CT molecular complexity index is 1270. The van der Waals surface area contributed by atoms with Gasteiger partial charge in [-0.15, -0.1) is 0 Å². The summed E-state index contributed by atoms with van der Waals surface area (Å²) in [5.74, 6) is -1.37. The van der Waals surface area contributed by atoms with E-state index in [0.717, 1.165) is 16.1 Å². The van der Waals surface area contributed by atoms with Crippen LogP contribution in [0, 0.1) is 10.7 Å². The van der Waals surface area contributed by atoms with Crippen LogP contribution in [0.5, 0.6) is 5.75 Å². The van der Waals surface area contributed by atoms with Crippen molar-refractivity contribution in [2.24, 2.45) is 0 Å². The minimum absolute atomic E-state index is 0.223. The smallest absolute Gasteiger partial charge is 0.343 e. The highest BCUT2D eigenvalue weighted by molar-refractivity contribution is 14.1. The lowest BCUT2D eigenvalue weighted by Gasteiger charge is -2.10. The molecule has 0 atom stereocenters. The number of hydrogen-bond donors (Lipinski definition) is 1. The SMILES string of the molecule is O=C(OCCS(=O)(=O)O)c1ccc2cc(C(=O)Oc3c(I)cc(I)cc3I)ccc2c1. The lowest BCUT2D eigenvalue weighted by molar-refractivity contribution is 0.0528. The molecule has 3 aromatic carbocycles. The number of carbonyl (C=O) groups excluding carboxylic acids is 2. The standard InChI is InChI=1S/C20H13I3O7S/c21-15-9-16(22)18(17(23)10-15)30-20(25)14-4-2-11-7-13(3-1-12(11)8-14)19(24)29-5-6-31(26,27)28/h1-4,7-10H,5-6H2,(H,26,27,28). The van der Waals surface area contributed by atoms with E-state index in [4.69, 9.17) is 14.0 Å². The molecule has 0 aliphatic heterocycles. The van der Waals surface area contributed by atoms with Gasteiger partial charge >= 0.3 is 11.9 Å². The Labute approximate surface area is 219 Å². The fourth-order valence-electron chi connectivity index (χ4n) is 2.60. The van der Waals surface area contributed by atoms with Gasteiger partial charge < -0.3 is 9.47 Å². The van der Waals surface area contributed by atoms with Crippen molar-refractivity contribution in [3.8, 4) is 5.75 Å². The molecule has 3 aromatic rings. The molecule has 0 amide bonds. The molecule has 11 heteroatoms. The van der Waals surface area contributed by atoms with Crippen LogP contribution >= 0.6 is 67.8 Å².